The molecule has 0 aromatic heterocycles. The predicted molar refractivity (Wildman–Crippen MR) is 69.5 cm³/mol. The Labute approximate surface area is 115 Å². The molecule has 0 saturated heterocycles. The summed E-state index contributed by atoms with van der Waals surface area (Å²) in [5.41, 5.74) is 5.85. The number of halogens is 3. The van der Waals surface area contributed by atoms with Crippen LogP contribution in [0.15, 0.2) is 12.1 Å². The molecule has 2 unspecified atom stereocenters. The molecule has 20 heavy (non-hydrogen) atoms. The van der Waals surface area contributed by atoms with E-state index in [0.717, 1.165) is 37.8 Å². The van der Waals surface area contributed by atoms with Crippen molar-refractivity contribution in [1.29, 1.82) is 0 Å². The van der Waals surface area contributed by atoms with E-state index in [4.69, 9.17) is 5.73 Å². The fourth-order valence-electron chi connectivity index (χ4n) is 2.52. The summed E-state index contributed by atoms with van der Waals surface area (Å²) in [6.07, 6.45) is 4.31. The van der Waals surface area contributed by atoms with Crippen molar-refractivity contribution in [3.8, 4) is 0 Å². The van der Waals surface area contributed by atoms with Crippen molar-refractivity contribution in [2.45, 2.75) is 38.1 Å². The van der Waals surface area contributed by atoms with Crippen LogP contribution in [0.3, 0.4) is 0 Å². The van der Waals surface area contributed by atoms with Crippen LogP contribution in [0.4, 0.5) is 18.9 Å². The Morgan fingerprint density at radius 3 is 2.35 bits per heavy atom. The number of amides is 1. The predicted octanol–water partition coefficient (Wildman–Crippen LogP) is 2.95. The molecule has 0 radical (unpaired) electrons. The first-order valence-corrected chi connectivity index (χ1v) is 6.70. The zero-order valence-corrected chi connectivity index (χ0v) is 11.0. The van der Waals surface area contributed by atoms with Gasteiger partial charge in [0.2, 0.25) is 5.91 Å². The van der Waals surface area contributed by atoms with E-state index < -0.39 is 17.5 Å². The van der Waals surface area contributed by atoms with Crippen molar-refractivity contribution in [2.24, 2.45) is 11.7 Å². The summed E-state index contributed by atoms with van der Waals surface area (Å²) in [7, 11) is 0. The van der Waals surface area contributed by atoms with Crippen LogP contribution in [0.5, 0.6) is 0 Å². The molecule has 0 aliphatic heterocycles. The van der Waals surface area contributed by atoms with Gasteiger partial charge in [0, 0.05) is 23.9 Å². The molecule has 0 heterocycles. The molecule has 1 amide bonds. The smallest absolute Gasteiger partial charge is 0.229 e. The number of carbonyl (C=O) groups is 1. The summed E-state index contributed by atoms with van der Waals surface area (Å²) >= 11 is 0. The van der Waals surface area contributed by atoms with E-state index in [0.29, 0.717) is 6.42 Å². The molecule has 1 aromatic rings. The van der Waals surface area contributed by atoms with Crippen LogP contribution in [0, 0.1) is 23.4 Å². The zero-order valence-electron chi connectivity index (χ0n) is 11.0. The minimum atomic E-state index is -1.55. The maximum Gasteiger partial charge on any atom is 0.229 e. The van der Waals surface area contributed by atoms with Gasteiger partial charge in [0.1, 0.15) is 0 Å². The molecule has 3 nitrogen and oxygen atoms in total. The molecule has 1 aliphatic rings. The number of carbonyl (C=O) groups excluding carboxylic acids is 1. The second-order valence-electron chi connectivity index (χ2n) is 5.15. The highest BCUT2D eigenvalue weighted by atomic mass is 19.2. The average Bonchev–Trinajstić information content (AvgIpc) is 2.60. The van der Waals surface area contributed by atoms with E-state index in [9.17, 15) is 18.0 Å². The van der Waals surface area contributed by atoms with Gasteiger partial charge in [-0.15, -0.1) is 0 Å². The topological polar surface area (TPSA) is 55.1 Å². The fourth-order valence-corrected chi connectivity index (χ4v) is 2.52. The third-order valence-electron chi connectivity index (χ3n) is 3.66. The van der Waals surface area contributed by atoms with E-state index in [1.165, 1.54) is 0 Å². The number of rotatable bonds is 2. The number of hydrogen-bond donors (Lipinski definition) is 2. The van der Waals surface area contributed by atoms with Crippen LogP contribution >= 0.6 is 0 Å². The molecule has 2 atom stereocenters. The van der Waals surface area contributed by atoms with E-state index in [-0.39, 0.29) is 23.6 Å². The van der Waals surface area contributed by atoms with Crippen LogP contribution in [0.25, 0.3) is 0 Å². The molecule has 2 rings (SSSR count). The van der Waals surface area contributed by atoms with Crippen molar-refractivity contribution in [1.82, 2.24) is 0 Å². The van der Waals surface area contributed by atoms with Gasteiger partial charge in [-0.25, -0.2) is 13.2 Å². The van der Waals surface area contributed by atoms with Crippen molar-refractivity contribution in [2.75, 3.05) is 5.32 Å². The van der Waals surface area contributed by atoms with Gasteiger partial charge in [-0.2, -0.15) is 0 Å². The average molecular weight is 286 g/mol. The molecule has 110 valence electrons. The van der Waals surface area contributed by atoms with Crippen molar-refractivity contribution in [3.05, 3.63) is 29.6 Å². The molecule has 0 spiro atoms. The highest BCUT2D eigenvalue weighted by Crippen LogP contribution is 2.24. The fraction of sp³-hybridized carbons (Fsp3) is 0.500. The highest BCUT2D eigenvalue weighted by Gasteiger charge is 2.27. The van der Waals surface area contributed by atoms with E-state index in [1.807, 2.05) is 0 Å². The Bertz CT molecular complexity index is 484. The zero-order chi connectivity index (χ0) is 14.7. The van der Waals surface area contributed by atoms with Crippen LogP contribution < -0.4 is 11.1 Å². The molecule has 6 heteroatoms. The lowest BCUT2D eigenvalue weighted by molar-refractivity contribution is -0.120. The molecule has 1 aromatic carbocycles. The van der Waals surface area contributed by atoms with Gasteiger partial charge in [-0.3, -0.25) is 4.79 Å². The highest BCUT2D eigenvalue weighted by molar-refractivity contribution is 5.93. The molecule has 1 fully saturated rings. The summed E-state index contributed by atoms with van der Waals surface area (Å²) in [4.78, 5) is 12.1. The molecule has 1 saturated carbocycles. The number of anilines is 1. The molecule has 1 aliphatic carbocycles. The van der Waals surface area contributed by atoms with Gasteiger partial charge in [-0.1, -0.05) is 19.3 Å². The summed E-state index contributed by atoms with van der Waals surface area (Å²) in [6, 6.07) is 1.27. The lowest BCUT2D eigenvalue weighted by atomic mass is 9.94. The van der Waals surface area contributed by atoms with Gasteiger partial charge in [0.05, 0.1) is 5.92 Å². The number of nitrogens with one attached hydrogen (secondary N) is 1. The third-order valence-corrected chi connectivity index (χ3v) is 3.66. The van der Waals surface area contributed by atoms with E-state index >= 15 is 0 Å². The Morgan fingerprint density at radius 1 is 1.10 bits per heavy atom. The van der Waals surface area contributed by atoms with Gasteiger partial charge >= 0.3 is 0 Å². The maximum absolute atomic E-state index is 13.1. The second kappa shape index (κ2) is 6.26. The van der Waals surface area contributed by atoms with Gasteiger partial charge < -0.3 is 11.1 Å². The Kier molecular flexibility index (Phi) is 4.65. The minimum absolute atomic E-state index is 0.0946. The normalized spacial score (nSPS) is 23.2. The van der Waals surface area contributed by atoms with Crippen molar-refractivity contribution >= 4 is 11.6 Å². The Morgan fingerprint density at radius 2 is 1.70 bits per heavy atom. The molecular formula is C14H17F3N2O. The summed E-state index contributed by atoms with van der Waals surface area (Å²) in [5.74, 6) is -4.96. The minimum Gasteiger partial charge on any atom is -0.327 e. The molecule has 0 bridgehead atoms. The van der Waals surface area contributed by atoms with Crippen LogP contribution in [0.2, 0.25) is 0 Å². The molecular weight excluding hydrogens is 269 g/mol. The van der Waals surface area contributed by atoms with E-state index in [1.54, 1.807) is 0 Å². The lowest BCUT2D eigenvalue weighted by Gasteiger charge is -2.20. The van der Waals surface area contributed by atoms with E-state index in [2.05, 4.69) is 5.32 Å². The SMILES string of the molecule is NC1CCCCCC1C(=O)Nc1cc(F)c(F)c(F)c1. The Balaban J connectivity index is 2.10. The third kappa shape index (κ3) is 3.30. The summed E-state index contributed by atoms with van der Waals surface area (Å²) in [5, 5.41) is 2.41. The molecule has 3 N–H and O–H groups in total. The van der Waals surface area contributed by atoms with Crippen molar-refractivity contribution in [3.63, 3.8) is 0 Å². The summed E-state index contributed by atoms with van der Waals surface area (Å²) in [6.45, 7) is 0. The van der Waals surface area contributed by atoms with Crippen LogP contribution in [0.1, 0.15) is 32.1 Å². The van der Waals surface area contributed by atoms with Gasteiger partial charge in [-0.05, 0) is 12.8 Å². The monoisotopic (exact) mass is 286 g/mol. The maximum atomic E-state index is 13.1. The lowest BCUT2D eigenvalue weighted by Crippen LogP contribution is -2.37. The first-order chi connectivity index (χ1) is 9.49. The summed E-state index contributed by atoms with van der Waals surface area (Å²) < 4.78 is 39.0. The van der Waals surface area contributed by atoms with Gasteiger partial charge in [0.15, 0.2) is 17.5 Å². The largest absolute Gasteiger partial charge is 0.327 e. The van der Waals surface area contributed by atoms with Crippen LogP contribution in [-0.4, -0.2) is 11.9 Å². The second-order valence-corrected chi connectivity index (χ2v) is 5.15. The number of benzene rings is 1. The first kappa shape index (κ1) is 14.8. The Hall–Kier alpha value is -1.56. The quantitative estimate of drug-likeness (QED) is 0.648. The standard InChI is InChI=1S/C14H17F3N2O/c15-10-6-8(7-11(16)13(10)17)19-14(20)9-4-2-1-3-5-12(9)18/h6-7,9,12H,1-5,18H2,(H,19,20). The number of nitrogens with two attached hydrogens (primary N) is 1. The van der Waals surface area contributed by atoms with Crippen molar-refractivity contribution < 1.29 is 18.0 Å². The van der Waals surface area contributed by atoms with Gasteiger partial charge in [0.25, 0.3) is 0 Å². The van der Waals surface area contributed by atoms with Crippen LogP contribution in [-0.2, 0) is 4.79 Å². The first-order valence-electron chi connectivity index (χ1n) is 6.70. The number of hydrogen-bond acceptors (Lipinski definition) is 2.